The topological polar surface area (TPSA) is 55.8 Å². The summed E-state index contributed by atoms with van der Waals surface area (Å²) in [7, 11) is 1.56. The summed E-state index contributed by atoms with van der Waals surface area (Å²) in [5, 5.41) is -0.356. The molecule has 0 spiro atoms. The summed E-state index contributed by atoms with van der Waals surface area (Å²) < 4.78 is 12.0. The van der Waals surface area contributed by atoms with Crippen LogP contribution in [0.15, 0.2) is 17.0 Å². The second-order valence-corrected chi connectivity index (χ2v) is 7.33. The number of methoxy groups -OCH3 is 1. The van der Waals surface area contributed by atoms with Crippen molar-refractivity contribution in [3.05, 3.63) is 26.2 Å². The molecule has 1 saturated heterocycles. The molecule has 0 N–H and O–H groups in total. The Morgan fingerprint density at radius 1 is 1.42 bits per heavy atom. The maximum Gasteiger partial charge on any atom is 0.294 e. The maximum atomic E-state index is 12.2. The molecular formula is C17H16INO4S. The van der Waals surface area contributed by atoms with Crippen molar-refractivity contribution in [3.63, 3.8) is 0 Å². The SMILES string of the molecule is C#CCN1C(=O)S/C(=C/c2cc(I)c(OC(C)C)c(OC)c2)C1=O. The minimum absolute atomic E-state index is 0.0125. The number of imide groups is 1. The molecule has 0 bridgehead atoms. The lowest BCUT2D eigenvalue weighted by Gasteiger charge is -2.16. The first kappa shape index (κ1) is 18.7. The van der Waals surface area contributed by atoms with E-state index in [9.17, 15) is 9.59 Å². The molecule has 0 saturated carbocycles. The van der Waals surface area contributed by atoms with Crippen molar-refractivity contribution in [2.75, 3.05) is 13.7 Å². The summed E-state index contributed by atoms with van der Waals surface area (Å²) in [5.74, 6) is 3.17. The fourth-order valence-corrected chi connectivity index (χ4v) is 3.64. The van der Waals surface area contributed by atoms with E-state index in [-0.39, 0.29) is 23.8 Å². The van der Waals surface area contributed by atoms with E-state index in [1.807, 2.05) is 19.9 Å². The van der Waals surface area contributed by atoms with E-state index in [4.69, 9.17) is 15.9 Å². The highest BCUT2D eigenvalue weighted by Gasteiger charge is 2.34. The van der Waals surface area contributed by atoms with E-state index in [1.54, 1.807) is 19.3 Å². The monoisotopic (exact) mass is 457 g/mol. The molecule has 1 aliphatic rings. The van der Waals surface area contributed by atoms with E-state index in [0.717, 1.165) is 25.8 Å². The number of halogens is 1. The van der Waals surface area contributed by atoms with Gasteiger partial charge in [0.05, 0.1) is 28.2 Å². The number of hydrogen-bond donors (Lipinski definition) is 0. The van der Waals surface area contributed by atoms with Gasteiger partial charge in [-0.3, -0.25) is 14.5 Å². The lowest BCUT2D eigenvalue weighted by Crippen LogP contribution is -2.28. The van der Waals surface area contributed by atoms with Gasteiger partial charge in [0, 0.05) is 0 Å². The predicted molar refractivity (Wildman–Crippen MR) is 103 cm³/mol. The summed E-state index contributed by atoms with van der Waals surface area (Å²) in [6.07, 6.45) is 6.86. The van der Waals surface area contributed by atoms with Gasteiger partial charge in [0.2, 0.25) is 0 Å². The molecule has 1 aromatic rings. The first-order valence-electron chi connectivity index (χ1n) is 7.10. The molecule has 2 rings (SSSR count). The largest absolute Gasteiger partial charge is 0.493 e. The Morgan fingerprint density at radius 3 is 2.71 bits per heavy atom. The van der Waals surface area contributed by atoms with Crippen LogP contribution in [-0.4, -0.2) is 35.8 Å². The average Bonchev–Trinajstić information content (AvgIpc) is 2.77. The summed E-state index contributed by atoms with van der Waals surface area (Å²) in [5.41, 5.74) is 0.749. The van der Waals surface area contributed by atoms with Gasteiger partial charge in [0.15, 0.2) is 11.5 Å². The zero-order valence-corrected chi connectivity index (χ0v) is 16.4. The molecule has 1 aromatic carbocycles. The van der Waals surface area contributed by atoms with Crippen LogP contribution in [0.25, 0.3) is 6.08 Å². The number of hydrogen-bond acceptors (Lipinski definition) is 5. The van der Waals surface area contributed by atoms with Crippen molar-refractivity contribution in [1.82, 2.24) is 4.90 Å². The van der Waals surface area contributed by atoms with E-state index in [0.29, 0.717) is 16.4 Å². The molecular weight excluding hydrogens is 441 g/mol. The third-order valence-electron chi connectivity index (χ3n) is 3.03. The van der Waals surface area contributed by atoms with Crippen molar-refractivity contribution in [2.24, 2.45) is 0 Å². The first-order chi connectivity index (χ1) is 11.4. The standard InChI is InChI=1S/C17H16INO4S/c1-5-6-19-16(20)14(24-17(19)21)9-11-7-12(18)15(23-10(2)3)13(8-11)22-4/h1,7-10H,6H2,2-4H3/b14-9+. The number of rotatable bonds is 5. The molecule has 2 amide bonds. The smallest absolute Gasteiger partial charge is 0.294 e. The van der Waals surface area contributed by atoms with Crippen molar-refractivity contribution in [2.45, 2.75) is 20.0 Å². The number of benzene rings is 1. The minimum atomic E-state index is -0.376. The van der Waals surface area contributed by atoms with Gasteiger partial charge in [-0.1, -0.05) is 5.92 Å². The Labute approximate surface area is 158 Å². The van der Waals surface area contributed by atoms with Crippen LogP contribution in [0.2, 0.25) is 0 Å². The molecule has 7 heteroatoms. The zero-order chi connectivity index (χ0) is 17.9. The van der Waals surface area contributed by atoms with Gasteiger partial charge >= 0.3 is 0 Å². The van der Waals surface area contributed by atoms with Crippen LogP contribution in [0.4, 0.5) is 4.79 Å². The summed E-state index contributed by atoms with van der Waals surface area (Å²) in [4.78, 5) is 25.4. The Balaban J connectivity index is 2.37. The van der Waals surface area contributed by atoms with Crippen LogP contribution in [0.1, 0.15) is 19.4 Å². The number of terminal acetylenes is 1. The fraction of sp³-hybridized carbons (Fsp3) is 0.294. The summed E-state index contributed by atoms with van der Waals surface area (Å²) in [6.45, 7) is 3.85. The quantitative estimate of drug-likeness (QED) is 0.383. The van der Waals surface area contributed by atoms with Crippen molar-refractivity contribution in [3.8, 4) is 23.8 Å². The molecule has 5 nitrogen and oxygen atoms in total. The minimum Gasteiger partial charge on any atom is -0.493 e. The van der Waals surface area contributed by atoms with Crippen molar-refractivity contribution < 1.29 is 19.1 Å². The highest BCUT2D eigenvalue weighted by molar-refractivity contribution is 14.1. The number of nitrogens with zero attached hydrogens (tertiary/aromatic N) is 1. The highest BCUT2D eigenvalue weighted by Crippen LogP contribution is 2.37. The molecule has 1 aliphatic heterocycles. The number of carbonyl (C=O) groups excluding carboxylic acids is 2. The molecule has 0 radical (unpaired) electrons. The second kappa shape index (κ2) is 7.94. The Hall–Kier alpha value is -1.66. The zero-order valence-electron chi connectivity index (χ0n) is 13.5. The van der Waals surface area contributed by atoms with E-state index in [1.165, 1.54) is 0 Å². The number of thioether (sulfide) groups is 1. The van der Waals surface area contributed by atoms with Crippen LogP contribution in [0.3, 0.4) is 0 Å². The van der Waals surface area contributed by atoms with Crippen LogP contribution >= 0.6 is 34.4 Å². The lowest BCUT2D eigenvalue weighted by molar-refractivity contribution is -0.122. The van der Waals surface area contributed by atoms with Gasteiger partial charge in [-0.2, -0.15) is 0 Å². The lowest BCUT2D eigenvalue weighted by atomic mass is 10.2. The first-order valence-corrected chi connectivity index (χ1v) is 9.00. The van der Waals surface area contributed by atoms with Gasteiger partial charge in [0.25, 0.3) is 11.1 Å². The molecule has 0 aliphatic carbocycles. The Morgan fingerprint density at radius 2 is 2.12 bits per heavy atom. The maximum absolute atomic E-state index is 12.2. The van der Waals surface area contributed by atoms with Crippen LogP contribution in [-0.2, 0) is 4.79 Å². The van der Waals surface area contributed by atoms with Crippen molar-refractivity contribution >= 4 is 51.6 Å². The van der Waals surface area contributed by atoms with Gasteiger partial charge in [-0.05, 0) is 72.0 Å². The van der Waals surface area contributed by atoms with E-state index in [2.05, 4.69) is 28.5 Å². The van der Waals surface area contributed by atoms with Crippen LogP contribution in [0.5, 0.6) is 11.5 Å². The summed E-state index contributed by atoms with van der Waals surface area (Å²) >= 11 is 3.03. The number of ether oxygens (including phenoxy) is 2. The molecule has 1 fully saturated rings. The molecule has 0 unspecified atom stereocenters. The number of carbonyl (C=O) groups is 2. The molecule has 24 heavy (non-hydrogen) atoms. The third kappa shape index (κ3) is 4.05. The second-order valence-electron chi connectivity index (χ2n) is 5.17. The van der Waals surface area contributed by atoms with Gasteiger partial charge in [-0.25, -0.2) is 0 Å². The van der Waals surface area contributed by atoms with E-state index >= 15 is 0 Å². The van der Waals surface area contributed by atoms with Gasteiger partial charge in [-0.15, -0.1) is 6.42 Å². The molecule has 126 valence electrons. The number of amides is 2. The molecule has 0 atom stereocenters. The highest BCUT2D eigenvalue weighted by atomic mass is 127. The Bertz CT molecular complexity index is 752. The summed E-state index contributed by atoms with van der Waals surface area (Å²) in [6, 6.07) is 3.64. The van der Waals surface area contributed by atoms with Crippen molar-refractivity contribution in [1.29, 1.82) is 0 Å². The van der Waals surface area contributed by atoms with Gasteiger partial charge < -0.3 is 9.47 Å². The van der Waals surface area contributed by atoms with Gasteiger partial charge in [0.1, 0.15) is 0 Å². The van der Waals surface area contributed by atoms with Crippen LogP contribution in [0, 0.1) is 15.9 Å². The molecule has 1 heterocycles. The van der Waals surface area contributed by atoms with Crippen LogP contribution < -0.4 is 9.47 Å². The fourth-order valence-electron chi connectivity index (χ4n) is 2.05. The third-order valence-corrected chi connectivity index (χ3v) is 4.73. The predicted octanol–water partition coefficient (Wildman–Crippen LogP) is 3.76. The van der Waals surface area contributed by atoms with E-state index < -0.39 is 0 Å². The normalized spacial score (nSPS) is 16.0. The average molecular weight is 457 g/mol. The molecule has 0 aromatic heterocycles. The Kier molecular flexibility index (Phi) is 6.18.